The SMILES string of the molecule is COCc1nc(C)c(C(=O)N[C@H](Cc2ccccc2)C(=O)O)s1. The Morgan fingerprint density at radius 3 is 2.65 bits per heavy atom. The highest BCUT2D eigenvalue weighted by molar-refractivity contribution is 7.13. The van der Waals surface area contributed by atoms with Crippen LogP contribution >= 0.6 is 11.3 Å². The van der Waals surface area contributed by atoms with Gasteiger partial charge in [0, 0.05) is 13.5 Å². The average molecular weight is 334 g/mol. The van der Waals surface area contributed by atoms with Gasteiger partial charge in [-0.25, -0.2) is 9.78 Å². The van der Waals surface area contributed by atoms with Gasteiger partial charge in [0.15, 0.2) is 0 Å². The molecule has 1 atom stereocenters. The van der Waals surface area contributed by atoms with Crippen LogP contribution in [-0.4, -0.2) is 35.1 Å². The van der Waals surface area contributed by atoms with Gasteiger partial charge < -0.3 is 15.2 Å². The van der Waals surface area contributed by atoms with Gasteiger partial charge in [0.25, 0.3) is 5.91 Å². The number of amides is 1. The summed E-state index contributed by atoms with van der Waals surface area (Å²) < 4.78 is 5.00. The van der Waals surface area contributed by atoms with E-state index in [9.17, 15) is 14.7 Å². The largest absolute Gasteiger partial charge is 0.480 e. The summed E-state index contributed by atoms with van der Waals surface area (Å²) in [6, 6.07) is 8.20. The molecule has 0 unspecified atom stereocenters. The fourth-order valence-corrected chi connectivity index (χ4v) is 3.06. The number of thiazole rings is 1. The maximum Gasteiger partial charge on any atom is 0.326 e. The molecule has 2 N–H and O–H groups in total. The van der Waals surface area contributed by atoms with Crippen molar-refractivity contribution in [3.05, 3.63) is 51.5 Å². The minimum atomic E-state index is -1.07. The lowest BCUT2D eigenvalue weighted by atomic mass is 10.1. The van der Waals surface area contributed by atoms with Crippen LogP contribution in [0.4, 0.5) is 0 Å². The van der Waals surface area contributed by atoms with Gasteiger partial charge in [-0.05, 0) is 12.5 Å². The van der Waals surface area contributed by atoms with Gasteiger partial charge in [0.05, 0.1) is 12.3 Å². The Kier molecular flexibility index (Phi) is 5.84. The lowest BCUT2D eigenvalue weighted by molar-refractivity contribution is -0.139. The first kappa shape index (κ1) is 17.1. The number of carbonyl (C=O) groups excluding carboxylic acids is 1. The lowest BCUT2D eigenvalue weighted by Crippen LogP contribution is -2.42. The van der Waals surface area contributed by atoms with Crippen molar-refractivity contribution in [2.45, 2.75) is 26.0 Å². The normalized spacial score (nSPS) is 11.9. The second kappa shape index (κ2) is 7.85. The standard InChI is InChI=1S/C16H18N2O4S/c1-10-14(23-13(17-10)9-22-2)15(19)18-12(16(20)21)8-11-6-4-3-5-7-11/h3-7,12H,8-9H2,1-2H3,(H,18,19)(H,20,21)/t12-/m1/s1. The van der Waals surface area contributed by atoms with E-state index in [1.165, 1.54) is 11.3 Å². The van der Waals surface area contributed by atoms with Gasteiger partial charge in [0.1, 0.15) is 15.9 Å². The second-order valence-corrected chi connectivity index (χ2v) is 6.09. The van der Waals surface area contributed by atoms with E-state index in [2.05, 4.69) is 10.3 Å². The Balaban J connectivity index is 2.10. The Morgan fingerprint density at radius 1 is 1.35 bits per heavy atom. The number of rotatable bonds is 7. The number of carbonyl (C=O) groups is 2. The molecule has 7 heteroatoms. The highest BCUT2D eigenvalue weighted by Gasteiger charge is 2.23. The average Bonchev–Trinajstić information content (AvgIpc) is 2.88. The molecule has 0 aliphatic carbocycles. The zero-order valence-electron chi connectivity index (χ0n) is 12.9. The van der Waals surface area contributed by atoms with Crippen molar-refractivity contribution in [2.24, 2.45) is 0 Å². The molecule has 23 heavy (non-hydrogen) atoms. The zero-order valence-corrected chi connectivity index (χ0v) is 13.7. The molecule has 1 aromatic carbocycles. The summed E-state index contributed by atoms with van der Waals surface area (Å²) in [5.74, 6) is -1.49. The van der Waals surface area contributed by atoms with Gasteiger partial charge in [0.2, 0.25) is 0 Å². The summed E-state index contributed by atoms with van der Waals surface area (Å²) in [5, 5.41) is 12.6. The van der Waals surface area contributed by atoms with Crippen molar-refractivity contribution >= 4 is 23.2 Å². The second-order valence-electron chi connectivity index (χ2n) is 5.01. The van der Waals surface area contributed by atoms with E-state index < -0.39 is 17.9 Å². The summed E-state index contributed by atoms with van der Waals surface area (Å²) in [7, 11) is 1.55. The lowest BCUT2D eigenvalue weighted by Gasteiger charge is -2.14. The van der Waals surface area contributed by atoms with E-state index in [0.29, 0.717) is 22.2 Å². The monoisotopic (exact) mass is 334 g/mol. The molecule has 0 saturated carbocycles. The Labute approximate surface area is 138 Å². The van der Waals surface area contributed by atoms with Crippen LogP contribution in [0.25, 0.3) is 0 Å². The van der Waals surface area contributed by atoms with Crippen LogP contribution in [0.5, 0.6) is 0 Å². The number of nitrogens with one attached hydrogen (secondary N) is 1. The number of carboxylic acid groups (broad SMARTS) is 1. The topological polar surface area (TPSA) is 88.5 Å². The number of aryl methyl sites for hydroxylation is 1. The van der Waals surface area contributed by atoms with Crippen LogP contribution in [0.1, 0.15) is 25.9 Å². The van der Waals surface area contributed by atoms with E-state index in [-0.39, 0.29) is 6.42 Å². The Morgan fingerprint density at radius 2 is 2.04 bits per heavy atom. The molecule has 1 amide bonds. The van der Waals surface area contributed by atoms with Crippen molar-refractivity contribution in [1.82, 2.24) is 10.3 Å². The van der Waals surface area contributed by atoms with Crippen molar-refractivity contribution < 1.29 is 19.4 Å². The molecule has 0 aliphatic rings. The number of nitrogens with zero attached hydrogens (tertiary/aromatic N) is 1. The minimum Gasteiger partial charge on any atom is -0.480 e. The van der Waals surface area contributed by atoms with E-state index >= 15 is 0 Å². The molecule has 122 valence electrons. The first-order chi connectivity index (χ1) is 11.0. The zero-order chi connectivity index (χ0) is 16.8. The molecular formula is C16H18N2O4S. The fraction of sp³-hybridized carbons (Fsp3) is 0.312. The number of methoxy groups -OCH3 is 1. The highest BCUT2D eigenvalue weighted by atomic mass is 32.1. The van der Waals surface area contributed by atoms with Gasteiger partial charge in [-0.3, -0.25) is 4.79 Å². The number of hydrogen-bond acceptors (Lipinski definition) is 5. The quantitative estimate of drug-likeness (QED) is 0.809. The summed E-state index contributed by atoms with van der Waals surface area (Å²) in [6.45, 7) is 2.04. The summed E-state index contributed by atoms with van der Waals surface area (Å²) in [6.07, 6.45) is 0.227. The van der Waals surface area contributed by atoms with E-state index in [4.69, 9.17) is 4.74 Å². The number of benzene rings is 1. The molecule has 6 nitrogen and oxygen atoms in total. The van der Waals surface area contributed by atoms with Gasteiger partial charge in [-0.1, -0.05) is 30.3 Å². The third-order valence-corrected chi connectivity index (χ3v) is 4.33. The molecule has 0 radical (unpaired) electrons. The number of ether oxygens (including phenoxy) is 1. The van der Waals surface area contributed by atoms with Crippen molar-refractivity contribution in [2.75, 3.05) is 7.11 Å². The first-order valence-electron chi connectivity index (χ1n) is 7.04. The van der Waals surface area contributed by atoms with Crippen molar-refractivity contribution in [1.29, 1.82) is 0 Å². The van der Waals surface area contributed by atoms with Crippen LogP contribution in [0.2, 0.25) is 0 Å². The van der Waals surface area contributed by atoms with Gasteiger partial charge in [-0.2, -0.15) is 0 Å². The summed E-state index contributed by atoms with van der Waals surface area (Å²) in [4.78, 5) is 28.4. The fourth-order valence-electron chi connectivity index (χ4n) is 2.12. The predicted octanol–water partition coefficient (Wildman–Crippen LogP) is 2.02. The highest BCUT2D eigenvalue weighted by Crippen LogP contribution is 2.19. The van der Waals surface area contributed by atoms with Crippen molar-refractivity contribution in [3.63, 3.8) is 0 Å². The third kappa shape index (κ3) is 4.61. The summed E-state index contributed by atoms with van der Waals surface area (Å²) >= 11 is 1.21. The molecule has 0 bridgehead atoms. The molecule has 1 aromatic heterocycles. The molecular weight excluding hydrogens is 316 g/mol. The van der Waals surface area contributed by atoms with Crippen LogP contribution in [-0.2, 0) is 22.6 Å². The first-order valence-corrected chi connectivity index (χ1v) is 7.85. The maximum atomic E-state index is 12.3. The predicted molar refractivity (Wildman–Crippen MR) is 86.6 cm³/mol. The van der Waals surface area contributed by atoms with E-state index in [0.717, 1.165) is 5.56 Å². The Bertz CT molecular complexity index is 685. The molecule has 2 rings (SSSR count). The molecule has 1 heterocycles. The minimum absolute atomic E-state index is 0.227. The number of carboxylic acids is 1. The molecule has 0 spiro atoms. The van der Waals surface area contributed by atoms with Crippen LogP contribution in [0.15, 0.2) is 30.3 Å². The number of hydrogen-bond donors (Lipinski definition) is 2. The van der Waals surface area contributed by atoms with Crippen LogP contribution in [0.3, 0.4) is 0 Å². The van der Waals surface area contributed by atoms with E-state index in [1.54, 1.807) is 14.0 Å². The van der Waals surface area contributed by atoms with Crippen LogP contribution in [0, 0.1) is 6.92 Å². The van der Waals surface area contributed by atoms with Crippen LogP contribution < -0.4 is 5.32 Å². The number of aromatic nitrogens is 1. The molecule has 0 aliphatic heterocycles. The Hall–Kier alpha value is -2.25. The number of aliphatic carboxylic acids is 1. The molecule has 0 saturated heterocycles. The molecule has 0 fully saturated rings. The third-order valence-electron chi connectivity index (χ3n) is 3.20. The van der Waals surface area contributed by atoms with Gasteiger partial charge >= 0.3 is 5.97 Å². The van der Waals surface area contributed by atoms with Crippen molar-refractivity contribution in [3.8, 4) is 0 Å². The molecule has 2 aromatic rings. The maximum absolute atomic E-state index is 12.3. The smallest absolute Gasteiger partial charge is 0.326 e. The van der Waals surface area contributed by atoms with Gasteiger partial charge in [-0.15, -0.1) is 11.3 Å². The summed E-state index contributed by atoms with van der Waals surface area (Å²) in [5.41, 5.74) is 1.42. The van der Waals surface area contributed by atoms with E-state index in [1.807, 2.05) is 30.3 Å².